The van der Waals surface area contributed by atoms with Gasteiger partial charge in [-0.15, -0.1) is 0 Å². The molecule has 2 aromatic rings. The fraction of sp³-hybridized carbons (Fsp3) is 0.250. The molecule has 2 aromatic carbocycles. The molecule has 0 saturated carbocycles. The zero-order valence-electron chi connectivity index (χ0n) is 11.8. The Morgan fingerprint density at radius 2 is 1.86 bits per heavy atom. The van der Waals surface area contributed by atoms with Crippen molar-refractivity contribution in [3.8, 4) is 11.5 Å². The number of benzene rings is 2. The third-order valence-electron chi connectivity index (χ3n) is 3.08. The highest BCUT2D eigenvalue weighted by Gasteiger charge is 2.11. The zero-order chi connectivity index (χ0) is 15.4. The summed E-state index contributed by atoms with van der Waals surface area (Å²) in [5.74, 6) is -0.890. The minimum absolute atomic E-state index is 0.00965. The van der Waals surface area contributed by atoms with Gasteiger partial charge in [-0.1, -0.05) is 13.0 Å². The molecular weight excluding hydrogens is 340 g/mol. The van der Waals surface area contributed by atoms with Gasteiger partial charge in [0.2, 0.25) is 0 Å². The first-order valence-electron chi connectivity index (χ1n) is 6.67. The molecule has 0 fully saturated rings. The van der Waals surface area contributed by atoms with Crippen LogP contribution in [0.5, 0.6) is 11.5 Å². The highest BCUT2D eigenvalue weighted by molar-refractivity contribution is 9.10. The van der Waals surface area contributed by atoms with Crippen molar-refractivity contribution in [1.29, 1.82) is 0 Å². The third-order valence-corrected chi connectivity index (χ3v) is 3.70. The van der Waals surface area contributed by atoms with Crippen molar-refractivity contribution in [3.05, 3.63) is 58.1 Å². The van der Waals surface area contributed by atoms with E-state index in [9.17, 15) is 8.78 Å². The van der Waals surface area contributed by atoms with Gasteiger partial charge in [-0.2, -0.15) is 0 Å². The summed E-state index contributed by atoms with van der Waals surface area (Å²) in [5.41, 5.74) is 1.09. The van der Waals surface area contributed by atoms with E-state index in [1.807, 2.05) is 19.1 Å². The molecule has 0 bridgehead atoms. The van der Waals surface area contributed by atoms with Gasteiger partial charge in [0.05, 0.1) is 4.47 Å². The zero-order valence-corrected chi connectivity index (χ0v) is 13.4. The Bertz CT molecular complexity index is 634. The normalized spacial score (nSPS) is 12.2. The average molecular weight is 356 g/mol. The molecule has 0 saturated heterocycles. The van der Waals surface area contributed by atoms with Crippen LogP contribution in [0.25, 0.3) is 0 Å². The summed E-state index contributed by atoms with van der Waals surface area (Å²) in [6.45, 7) is 4.98. The molecule has 0 aliphatic rings. The summed E-state index contributed by atoms with van der Waals surface area (Å²) in [4.78, 5) is 0. The quantitative estimate of drug-likeness (QED) is 0.796. The molecule has 0 aromatic heterocycles. The Morgan fingerprint density at radius 1 is 1.14 bits per heavy atom. The lowest BCUT2D eigenvalue weighted by atomic mass is 10.1. The molecule has 0 aliphatic carbocycles. The van der Waals surface area contributed by atoms with Crippen LogP contribution >= 0.6 is 15.9 Å². The van der Waals surface area contributed by atoms with Gasteiger partial charge in [0.15, 0.2) is 11.6 Å². The average Bonchev–Trinajstić information content (AvgIpc) is 2.44. The molecule has 1 N–H and O–H groups in total. The Morgan fingerprint density at radius 3 is 2.48 bits per heavy atom. The summed E-state index contributed by atoms with van der Waals surface area (Å²) < 4.78 is 32.7. The largest absolute Gasteiger partial charge is 0.453 e. The van der Waals surface area contributed by atoms with Crippen LogP contribution in [-0.4, -0.2) is 6.54 Å². The fourth-order valence-corrected chi connectivity index (χ4v) is 2.45. The summed E-state index contributed by atoms with van der Waals surface area (Å²) in [7, 11) is 0. The van der Waals surface area contributed by atoms with E-state index >= 15 is 0 Å². The van der Waals surface area contributed by atoms with E-state index in [0.29, 0.717) is 10.2 Å². The van der Waals surface area contributed by atoms with Gasteiger partial charge < -0.3 is 10.1 Å². The highest BCUT2D eigenvalue weighted by atomic mass is 79.9. The van der Waals surface area contributed by atoms with E-state index in [0.717, 1.165) is 24.2 Å². The monoisotopic (exact) mass is 355 g/mol. The lowest BCUT2D eigenvalue weighted by molar-refractivity contribution is 0.435. The van der Waals surface area contributed by atoms with Gasteiger partial charge in [0.1, 0.15) is 11.6 Å². The molecule has 0 amide bonds. The van der Waals surface area contributed by atoms with E-state index in [-0.39, 0.29) is 11.8 Å². The summed E-state index contributed by atoms with van der Waals surface area (Å²) in [6, 6.07) is 9.03. The first kappa shape index (κ1) is 15.9. The predicted octanol–water partition coefficient (Wildman–Crippen LogP) is 5.19. The number of hydrogen-bond acceptors (Lipinski definition) is 2. The Kier molecular flexibility index (Phi) is 5.31. The predicted molar refractivity (Wildman–Crippen MR) is 82.7 cm³/mol. The number of nitrogens with one attached hydrogen (secondary N) is 1. The van der Waals surface area contributed by atoms with Crippen LogP contribution in [0.3, 0.4) is 0 Å². The number of ether oxygens (including phenoxy) is 1. The van der Waals surface area contributed by atoms with E-state index in [1.54, 1.807) is 6.07 Å². The van der Waals surface area contributed by atoms with Gasteiger partial charge in [-0.05, 0) is 59.2 Å². The maximum Gasteiger partial charge on any atom is 0.168 e. The summed E-state index contributed by atoms with van der Waals surface area (Å²) in [5, 5.41) is 3.31. The minimum atomic E-state index is -0.730. The van der Waals surface area contributed by atoms with Gasteiger partial charge in [-0.25, -0.2) is 8.78 Å². The van der Waals surface area contributed by atoms with Crippen molar-refractivity contribution >= 4 is 15.9 Å². The molecule has 5 heteroatoms. The van der Waals surface area contributed by atoms with Crippen LogP contribution in [0.4, 0.5) is 8.78 Å². The number of rotatable bonds is 5. The highest BCUT2D eigenvalue weighted by Crippen LogP contribution is 2.33. The minimum Gasteiger partial charge on any atom is -0.453 e. The van der Waals surface area contributed by atoms with Crippen molar-refractivity contribution in [1.82, 2.24) is 5.32 Å². The molecule has 1 unspecified atom stereocenters. The maximum absolute atomic E-state index is 13.6. The number of hydrogen-bond donors (Lipinski definition) is 1. The van der Waals surface area contributed by atoms with Crippen molar-refractivity contribution in [2.24, 2.45) is 0 Å². The molecule has 21 heavy (non-hydrogen) atoms. The van der Waals surface area contributed by atoms with E-state index in [1.165, 1.54) is 6.07 Å². The molecule has 0 spiro atoms. The lowest BCUT2D eigenvalue weighted by Crippen LogP contribution is -2.17. The molecule has 0 radical (unpaired) electrons. The van der Waals surface area contributed by atoms with Crippen molar-refractivity contribution in [2.45, 2.75) is 19.9 Å². The first-order chi connectivity index (χ1) is 10.0. The third kappa shape index (κ3) is 4.02. The van der Waals surface area contributed by atoms with Crippen molar-refractivity contribution < 1.29 is 13.5 Å². The Balaban J connectivity index is 2.21. The number of halogens is 3. The summed E-state index contributed by atoms with van der Waals surface area (Å²) in [6.07, 6.45) is 0. The topological polar surface area (TPSA) is 21.3 Å². The van der Waals surface area contributed by atoms with E-state index in [2.05, 4.69) is 28.2 Å². The van der Waals surface area contributed by atoms with Crippen molar-refractivity contribution in [3.63, 3.8) is 0 Å². The van der Waals surface area contributed by atoms with Gasteiger partial charge >= 0.3 is 0 Å². The van der Waals surface area contributed by atoms with Gasteiger partial charge in [-0.3, -0.25) is 0 Å². The van der Waals surface area contributed by atoms with Gasteiger partial charge in [0, 0.05) is 12.1 Å². The SMILES string of the molecule is CCNC(C)c1ccc(Oc2ccc(F)cc2F)c(Br)c1. The molecule has 0 aliphatic heterocycles. The molecule has 2 rings (SSSR count). The smallest absolute Gasteiger partial charge is 0.168 e. The molecule has 2 nitrogen and oxygen atoms in total. The van der Waals surface area contributed by atoms with Crippen LogP contribution < -0.4 is 10.1 Å². The van der Waals surface area contributed by atoms with E-state index in [4.69, 9.17) is 4.74 Å². The van der Waals surface area contributed by atoms with Crippen LogP contribution in [0, 0.1) is 11.6 Å². The Hall–Kier alpha value is -1.46. The second kappa shape index (κ2) is 7.00. The molecule has 1 atom stereocenters. The van der Waals surface area contributed by atoms with Gasteiger partial charge in [0.25, 0.3) is 0 Å². The lowest BCUT2D eigenvalue weighted by Gasteiger charge is -2.15. The van der Waals surface area contributed by atoms with Crippen LogP contribution in [0.15, 0.2) is 40.9 Å². The van der Waals surface area contributed by atoms with E-state index < -0.39 is 11.6 Å². The summed E-state index contributed by atoms with van der Waals surface area (Å²) >= 11 is 3.41. The maximum atomic E-state index is 13.6. The molecular formula is C16H16BrF2NO. The Labute approximate surface area is 131 Å². The first-order valence-corrected chi connectivity index (χ1v) is 7.46. The van der Waals surface area contributed by atoms with Crippen LogP contribution in [-0.2, 0) is 0 Å². The second-order valence-electron chi connectivity index (χ2n) is 4.65. The standard InChI is InChI=1S/C16H16BrF2NO/c1-3-20-10(2)11-4-6-15(13(17)8-11)21-16-7-5-12(18)9-14(16)19/h4-10,20H,3H2,1-2H3. The second-order valence-corrected chi connectivity index (χ2v) is 5.50. The van der Waals surface area contributed by atoms with Crippen LogP contribution in [0.1, 0.15) is 25.5 Å². The molecule has 112 valence electrons. The fourth-order valence-electron chi connectivity index (χ4n) is 1.97. The molecule has 0 heterocycles. The van der Waals surface area contributed by atoms with Crippen LogP contribution in [0.2, 0.25) is 0 Å². The van der Waals surface area contributed by atoms with Crippen molar-refractivity contribution in [2.75, 3.05) is 6.54 Å².